The van der Waals surface area contributed by atoms with Gasteiger partial charge in [0.2, 0.25) is 5.91 Å². The molecule has 0 spiro atoms. The Labute approximate surface area is 290 Å². The smallest absolute Gasteiger partial charge is 0.220 e. The highest BCUT2D eigenvalue weighted by Crippen LogP contribution is 2.30. The van der Waals surface area contributed by atoms with E-state index in [9.17, 15) is 40.5 Å². The zero-order valence-corrected chi connectivity index (χ0v) is 29.3. The number of carbonyl (C=O) groups is 1. The third-order valence-electron chi connectivity index (χ3n) is 9.44. The lowest BCUT2D eigenvalue weighted by molar-refractivity contribution is -0.316. The summed E-state index contributed by atoms with van der Waals surface area (Å²) in [6, 6.07) is -3.00. The number of amides is 1. The fourth-order valence-corrected chi connectivity index (χ4v) is 6.23. The Hall–Kier alpha value is -1.09. The van der Waals surface area contributed by atoms with Crippen LogP contribution in [0.5, 0.6) is 0 Å². The number of nitrogens with two attached hydrogens (primary N) is 3. The molecule has 14 N–H and O–H groups in total. The monoisotopic (exact) mass is 710 g/mol. The van der Waals surface area contributed by atoms with Crippen LogP contribution in [0.3, 0.4) is 0 Å². The normalized spacial score (nSPS) is 33.1. The van der Waals surface area contributed by atoms with E-state index in [1.54, 1.807) is 0 Å². The van der Waals surface area contributed by atoms with Gasteiger partial charge in [-0.3, -0.25) is 4.79 Å². The highest BCUT2D eigenvalue weighted by molar-refractivity contribution is 5.75. The molecule has 11 unspecified atom stereocenters. The van der Waals surface area contributed by atoms with Crippen molar-refractivity contribution < 1.29 is 59.5 Å². The molecule has 290 valence electrons. The van der Waals surface area contributed by atoms with E-state index in [0.717, 1.165) is 25.7 Å². The van der Waals surface area contributed by atoms with E-state index in [1.165, 1.54) is 51.9 Å². The third kappa shape index (κ3) is 14.5. The summed E-state index contributed by atoms with van der Waals surface area (Å²) < 4.78 is 23.0. The van der Waals surface area contributed by atoms with Crippen molar-refractivity contribution in [3.63, 3.8) is 0 Å². The summed E-state index contributed by atoms with van der Waals surface area (Å²) in [5, 5.41) is 74.9. The van der Waals surface area contributed by atoms with Crippen molar-refractivity contribution in [2.45, 2.75) is 183 Å². The summed E-state index contributed by atoms with van der Waals surface area (Å²) in [5.41, 5.74) is 18.4. The second kappa shape index (κ2) is 23.5. The molecule has 2 rings (SSSR count). The van der Waals surface area contributed by atoms with Crippen LogP contribution >= 0.6 is 0 Å². The van der Waals surface area contributed by atoms with E-state index in [-0.39, 0.29) is 18.9 Å². The molecule has 0 aromatic carbocycles. The van der Waals surface area contributed by atoms with E-state index in [1.807, 2.05) is 0 Å². The van der Waals surface area contributed by atoms with Gasteiger partial charge in [0.25, 0.3) is 0 Å². The molecular weight excluding hydrogens is 644 g/mol. The van der Waals surface area contributed by atoms with Crippen molar-refractivity contribution in [2.24, 2.45) is 17.2 Å². The zero-order valence-electron chi connectivity index (χ0n) is 29.3. The second-order valence-electron chi connectivity index (χ2n) is 13.7. The van der Waals surface area contributed by atoms with Gasteiger partial charge in [0.05, 0.1) is 25.4 Å². The van der Waals surface area contributed by atoms with Gasteiger partial charge >= 0.3 is 0 Å². The number of rotatable bonds is 24. The molecule has 1 aliphatic heterocycles. The number of hydrogen-bond donors (Lipinski definition) is 11. The standard InChI is InChI=1S/C33H66N4O12/c1-3-4-5-6-7-8-9-10-11-12-13-14-25(42)37-16-23(19(2)40)46-32(22(41)17-38)48-30-20(34)15-21(35)31(29(30)45)49-33-28(44)26(36)27(43)24(18-39)47-33/h19-24,26-33,38-41,43-45H,3-18,34-36H2,1-2H3,(H,37,42)/t19-,20?,21-,22-,23?,24?,26?,27?,28?,29?,30?,31?,32?,33?/m0/s1. The number of carbonyl (C=O) groups excluding carboxylic acids is 1. The lowest BCUT2D eigenvalue weighted by Gasteiger charge is -2.47. The van der Waals surface area contributed by atoms with E-state index >= 15 is 0 Å². The topological polar surface area (TPSA) is 286 Å². The van der Waals surface area contributed by atoms with Crippen LogP contribution in [0.15, 0.2) is 0 Å². The number of ether oxygens (including phenoxy) is 4. The minimum absolute atomic E-state index is 0.0458. The van der Waals surface area contributed by atoms with Gasteiger partial charge in [-0.15, -0.1) is 0 Å². The maximum atomic E-state index is 12.5. The lowest BCUT2D eigenvalue weighted by atomic mass is 9.84. The van der Waals surface area contributed by atoms with Gasteiger partial charge in [-0.05, 0) is 19.8 Å². The molecule has 1 aliphatic carbocycles. The van der Waals surface area contributed by atoms with Crippen LogP contribution in [0.1, 0.15) is 97.3 Å². The van der Waals surface area contributed by atoms with Crippen LogP contribution < -0.4 is 22.5 Å². The van der Waals surface area contributed by atoms with Gasteiger partial charge in [-0.2, -0.15) is 0 Å². The molecule has 0 aromatic heterocycles. The van der Waals surface area contributed by atoms with Gasteiger partial charge in [-0.1, -0.05) is 71.1 Å². The molecule has 49 heavy (non-hydrogen) atoms. The highest BCUT2D eigenvalue weighted by atomic mass is 16.7. The zero-order chi connectivity index (χ0) is 36.5. The minimum atomic E-state index is -1.63. The largest absolute Gasteiger partial charge is 0.394 e. The molecule has 1 saturated carbocycles. The van der Waals surface area contributed by atoms with E-state index in [4.69, 9.17) is 36.1 Å². The van der Waals surface area contributed by atoms with Crippen LogP contribution in [0.2, 0.25) is 0 Å². The average molecular weight is 711 g/mol. The van der Waals surface area contributed by atoms with Crippen molar-refractivity contribution in [2.75, 3.05) is 19.8 Å². The summed E-state index contributed by atoms with van der Waals surface area (Å²) in [4.78, 5) is 12.5. The highest BCUT2D eigenvalue weighted by Gasteiger charge is 2.49. The predicted octanol–water partition coefficient (Wildman–Crippen LogP) is -1.80. The summed E-state index contributed by atoms with van der Waals surface area (Å²) in [7, 11) is 0. The molecule has 0 aromatic rings. The van der Waals surface area contributed by atoms with Gasteiger partial charge in [0, 0.05) is 25.0 Å². The van der Waals surface area contributed by atoms with Crippen molar-refractivity contribution in [3.8, 4) is 0 Å². The van der Waals surface area contributed by atoms with Crippen LogP contribution in [-0.2, 0) is 23.7 Å². The Kier molecular flexibility index (Phi) is 21.1. The Morgan fingerprint density at radius 2 is 1.43 bits per heavy atom. The van der Waals surface area contributed by atoms with Crippen LogP contribution in [0, 0.1) is 0 Å². The van der Waals surface area contributed by atoms with E-state index in [0.29, 0.717) is 6.42 Å². The average Bonchev–Trinajstić information content (AvgIpc) is 3.07. The molecule has 0 radical (unpaired) electrons. The molecule has 16 nitrogen and oxygen atoms in total. The Bertz CT molecular complexity index is 893. The minimum Gasteiger partial charge on any atom is -0.394 e. The summed E-state index contributed by atoms with van der Waals surface area (Å²) in [5.74, 6) is -0.216. The third-order valence-corrected chi connectivity index (χ3v) is 9.44. The molecule has 0 bridgehead atoms. The maximum absolute atomic E-state index is 12.5. The van der Waals surface area contributed by atoms with Gasteiger partial charge in [0.15, 0.2) is 12.6 Å². The van der Waals surface area contributed by atoms with Crippen molar-refractivity contribution in [1.82, 2.24) is 5.32 Å². The summed E-state index contributed by atoms with van der Waals surface area (Å²) >= 11 is 0. The van der Waals surface area contributed by atoms with Gasteiger partial charge in [-0.25, -0.2) is 0 Å². The van der Waals surface area contributed by atoms with Crippen molar-refractivity contribution >= 4 is 5.91 Å². The van der Waals surface area contributed by atoms with Crippen LogP contribution in [-0.4, -0.2) is 147 Å². The number of nitrogens with one attached hydrogen (secondary N) is 1. The number of aliphatic hydroxyl groups excluding tert-OH is 7. The Balaban J connectivity index is 1.91. The number of unbranched alkanes of at least 4 members (excludes halogenated alkanes) is 10. The molecular formula is C33H66N4O12. The quantitative estimate of drug-likeness (QED) is 0.0389. The summed E-state index contributed by atoms with van der Waals surface area (Å²) in [6.07, 6.45) is -1.90. The molecule has 14 atom stereocenters. The fraction of sp³-hybridized carbons (Fsp3) is 0.970. The van der Waals surface area contributed by atoms with Crippen molar-refractivity contribution in [3.05, 3.63) is 0 Å². The first-order valence-electron chi connectivity index (χ1n) is 18.1. The molecule has 1 saturated heterocycles. The predicted molar refractivity (Wildman–Crippen MR) is 180 cm³/mol. The molecule has 1 heterocycles. The van der Waals surface area contributed by atoms with Crippen LogP contribution in [0.25, 0.3) is 0 Å². The Morgan fingerprint density at radius 3 is 1.98 bits per heavy atom. The Morgan fingerprint density at radius 1 is 0.857 bits per heavy atom. The van der Waals surface area contributed by atoms with E-state index < -0.39 is 98.9 Å². The second-order valence-corrected chi connectivity index (χ2v) is 13.7. The lowest BCUT2D eigenvalue weighted by Crippen LogP contribution is -2.67. The molecule has 2 fully saturated rings. The molecule has 1 amide bonds. The SMILES string of the molecule is CCCCCCCCCCCCCC(=O)NCC(OC(OC1C(N)C[C@H](N)C(OC2OC(CO)C(O)C(N)C2O)C1O)[C@@H](O)CO)[C@H](C)O. The van der Waals surface area contributed by atoms with E-state index in [2.05, 4.69) is 12.2 Å². The maximum Gasteiger partial charge on any atom is 0.220 e. The van der Waals surface area contributed by atoms with Crippen molar-refractivity contribution in [1.29, 1.82) is 0 Å². The number of hydrogen-bond acceptors (Lipinski definition) is 15. The first-order chi connectivity index (χ1) is 23.4. The first kappa shape index (κ1) is 44.1. The molecule has 2 aliphatic rings. The van der Waals surface area contributed by atoms with Gasteiger partial charge < -0.3 is 77.2 Å². The van der Waals surface area contributed by atoms with Gasteiger partial charge in [0.1, 0.15) is 48.8 Å². The number of aliphatic hydroxyl groups is 7. The summed E-state index contributed by atoms with van der Waals surface area (Å²) in [6.45, 7) is 2.12. The first-order valence-corrected chi connectivity index (χ1v) is 18.1. The molecule has 16 heteroatoms. The van der Waals surface area contributed by atoms with Crippen LogP contribution in [0.4, 0.5) is 0 Å². The fourth-order valence-electron chi connectivity index (χ4n) is 6.23.